The molecule has 0 rings (SSSR count). The first-order valence-corrected chi connectivity index (χ1v) is 4.20. The lowest BCUT2D eigenvalue weighted by atomic mass is 10.0. The molecular formula is C9H18O2. The molecule has 0 amide bonds. The molecule has 0 aliphatic carbocycles. The van der Waals surface area contributed by atoms with Gasteiger partial charge in [0, 0.05) is 0 Å². The van der Waals surface area contributed by atoms with Crippen molar-refractivity contribution in [2.75, 3.05) is 6.61 Å². The summed E-state index contributed by atoms with van der Waals surface area (Å²) in [4.78, 5) is 0. The second kappa shape index (κ2) is 6.38. The van der Waals surface area contributed by atoms with Crippen LogP contribution in [0.25, 0.3) is 0 Å². The molecule has 0 spiro atoms. The van der Waals surface area contributed by atoms with Gasteiger partial charge in [0.15, 0.2) is 0 Å². The first kappa shape index (κ1) is 10.7. The summed E-state index contributed by atoms with van der Waals surface area (Å²) in [7, 11) is 0. The SMILES string of the molecule is C/C=C(\CCCC)C(O)CO. The minimum Gasteiger partial charge on any atom is -0.393 e. The zero-order chi connectivity index (χ0) is 8.69. The molecule has 11 heavy (non-hydrogen) atoms. The van der Waals surface area contributed by atoms with Crippen LogP contribution in [0.2, 0.25) is 0 Å². The monoisotopic (exact) mass is 158 g/mol. The Kier molecular flexibility index (Phi) is 6.18. The van der Waals surface area contributed by atoms with Crippen LogP contribution in [0.3, 0.4) is 0 Å². The van der Waals surface area contributed by atoms with Crippen molar-refractivity contribution >= 4 is 0 Å². The number of aliphatic hydroxyl groups excluding tert-OH is 2. The lowest BCUT2D eigenvalue weighted by Crippen LogP contribution is -2.14. The van der Waals surface area contributed by atoms with Crippen LogP contribution in [0, 0.1) is 0 Å². The van der Waals surface area contributed by atoms with Crippen LogP contribution in [0.15, 0.2) is 11.6 Å². The Bertz CT molecular complexity index is 119. The van der Waals surface area contributed by atoms with Gasteiger partial charge in [-0.15, -0.1) is 0 Å². The van der Waals surface area contributed by atoms with E-state index in [0.717, 1.165) is 24.8 Å². The van der Waals surface area contributed by atoms with Crippen molar-refractivity contribution in [3.8, 4) is 0 Å². The highest BCUT2D eigenvalue weighted by Gasteiger charge is 2.06. The number of hydrogen-bond acceptors (Lipinski definition) is 2. The molecule has 1 unspecified atom stereocenters. The number of hydrogen-bond donors (Lipinski definition) is 2. The zero-order valence-electron chi connectivity index (χ0n) is 7.38. The molecule has 0 aromatic rings. The molecule has 0 heterocycles. The molecule has 0 saturated carbocycles. The number of rotatable bonds is 5. The molecule has 0 aliphatic rings. The lowest BCUT2D eigenvalue weighted by Gasteiger charge is -2.10. The van der Waals surface area contributed by atoms with E-state index in [-0.39, 0.29) is 6.61 Å². The molecule has 2 heteroatoms. The van der Waals surface area contributed by atoms with E-state index in [4.69, 9.17) is 5.11 Å². The lowest BCUT2D eigenvalue weighted by molar-refractivity contribution is 0.119. The summed E-state index contributed by atoms with van der Waals surface area (Å²) in [6.07, 6.45) is 4.34. The molecule has 0 bridgehead atoms. The second-order valence-electron chi connectivity index (χ2n) is 2.67. The summed E-state index contributed by atoms with van der Waals surface area (Å²) in [6.45, 7) is 3.84. The third-order valence-electron chi connectivity index (χ3n) is 1.79. The van der Waals surface area contributed by atoms with Gasteiger partial charge in [-0.1, -0.05) is 19.4 Å². The fraction of sp³-hybridized carbons (Fsp3) is 0.778. The van der Waals surface area contributed by atoms with Gasteiger partial charge < -0.3 is 10.2 Å². The molecule has 0 aliphatic heterocycles. The molecule has 2 N–H and O–H groups in total. The highest BCUT2D eigenvalue weighted by Crippen LogP contribution is 2.11. The molecule has 0 aromatic heterocycles. The fourth-order valence-corrected chi connectivity index (χ4v) is 1.00. The molecule has 66 valence electrons. The van der Waals surface area contributed by atoms with Gasteiger partial charge in [-0.3, -0.25) is 0 Å². The van der Waals surface area contributed by atoms with E-state index >= 15 is 0 Å². The highest BCUT2D eigenvalue weighted by molar-refractivity contribution is 5.06. The molecule has 0 aromatic carbocycles. The van der Waals surface area contributed by atoms with Crippen molar-refractivity contribution in [2.24, 2.45) is 0 Å². The van der Waals surface area contributed by atoms with Gasteiger partial charge in [0.05, 0.1) is 12.7 Å². The van der Waals surface area contributed by atoms with E-state index in [1.54, 1.807) is 0 Å². The smallest absolute Gasteiger partial charge is 0.0980 e. The minimum absolute atomic E-state index is 0.163. The van der Waals surface area contributed by atoms with Gasteiger partial charge >= 0.3 is 0 Å². The quantitative estimate of drug-likeness (QED) is 0.595. The van der Waals surface area contributed by atoms with Crippen LogP contribution in [-0.2, 0) is 0 Å². The third-order valence-corrected chi connectivity index (χ3v) is 1.79. The van der Waals surface area contributed by atoms with E-state index in [0.29, 0.717) is 0 Å². The summed E-state index contributed by atoms with van der Waals surface area (Å²) in [5, 5.41) is 17.9. The summed E-state index contributed by atoms with van der Waals surface area (Å²) in [6, 6.07) is 0. The number of allylic oxidation sites excluding steroid dienone is 1. The van der Waals surface area contributed by atoms with Crippen LogP contribution >= 0.6 is 0 Å². The standard InChI is InChI=1S/C9H18O2/c1-3-5-6-8(4-2)9(11)7-10/h4,9-11H,3,5-7H2,1-2H3/b8-4+. The first-order chi connectivity index (χ1) is 5.26. The van der Waals surface area contributed by atoms with Gasteiger partial charge in [0.1, 0.15) is 0 Å². The van der Waals surface area contributed by atoms with E-state index < -0.39 is 6.10 Å². The maximum Gasteiger partial charge on any atom is 0.0980 e. The predicted octanol–water partition coefficient (Wildman–Crippen LogP) is 1.48. The second-order valence-corrected chi connectivity index (χ2v) is 2.67. The Labute approximate surface area is 68.6 Å². The Morgan fingerprint density at radius 1 is 1.55 bits per heavy atom. The van der Waals surface area contributed by atoms with E-state index in [2.05, 4.69) is 6.92 Å². The van der Waals surface area contributed by atoms with Crippen molar-refractivity contribution in [3.05, 3.63) is 11.6 Å². The predicted molar refractivity (Wildman–Crippen MR) is 46.4 cm³/mol. The van der Waals surface area contributed by atoms with Crippen LogP contribution in [0.1, 0.15) is 33.1 Å². The number of unbranched alkanes of at least 4 members (excludes halogenated alkanes) is 1. The molecule has 0 saturated heterocycles. The summed E-state index contributed by atoms with van der Waals surface area (Å²) in [5.74, 6) is 0. The summed E-state index contributed by atoms with van der Waals surface area (Å²) >= 11 is 0. The Hall–Kier alpha value is -0.340. The van der Waals surface area contributed by atoms with Crippen LogP contribution < -0.4 is 0 Å². The Morgan fingerprint density at radius 3 is 2.55 bits per heavy atom. The van der Waals surface area contributed by atoms with Crippen LogP contribution in [0.4, 0.5) is 0 Å². The average molecular weight is 158 g/mol. The van der Waals surface area contributed by atoms with Crippen molar-refractivity contribution < 1.29 is 10.2 Å². The van der Waals surface area contributed by atoms with E-state index in [1.165, 1.54) is 0 Å². The Morgan fingerprint density at radius 2 is 2.18 bits per heavy atom. The molecular weight excluding hydrogens is 140 g/mol. The maximum atomic E-state index is 9.23. The van der Waals surface area contributed by atoms with Crippen molar-refractivity contribution in [3.63, 3.8) is 0 Å². The minimum atomic E-state index is -0.647. The normalized spacial score (nSPS) is 15.1. The zero-order valence-corrected chi connectivity index (χ0v) is 7.38. The largest absolute Gasteiger partial charge is 0.393 e. The first-order valence-electron chi connectivity index (χ1n) is 4.20. The van der Waals surface area contributed by atoms with Crippen molar-refractivity contribution in [1.29, 1.82) is 0 Å². The molecule has 1 atom stereocenters. The molecule has 0 fully saturated rings. The average Bonchev–Trinajstić information content (AvgIpc) is 2.05. The Balaban J connectivity index is 3.77. The highest BCUT2D eigenvalue weighted by atomic mass is 16.3. The van der Waals surface area contributed by atoms with Gasteiger partial charge in [-0.25, -0.2) is 0 Å². The van der Waals surface area contributed by atoms with E-state index in [9.17, 15) is 5.11 Å². The van der Waals surface area contributed by atoms with Crippen molar-refractivity contribution in [2.45, 2.75) is 39.2 Å². The van der Waals surface area contributed by atoms with E-state index in [1.807, 2.05) is 13.0 Å². The van der Waals surface area contributed by atoms with Crippen LogP contribution in [0.5, 0.6) is 0 Å². The molecule has 2 nitrogen and oxygen atoms in total. The third kappa shape index (κ3) is 4.17. The summed E-state index contributed by atoms with van der Waals surface area (Å²) in [5.41, 5.74) is 0.953. The van der Waals surface area contributed by atoms with Gasteiger partial charge in [-0.2, -0.15) is 0 Å². The number of aliphatic hydroxyl groups is 2. The topological polar surface area (TPSA) is 40.5 Å². The van der Waals surface area contributed by atoms with Crippen molar-refractivity contribution in [1.82, 2.24) is 0 Å². The van der Waals surface area contributed by atoms with Gasteiger partial charge in [0.2, 0.25) is 0 Å². The molecule has 0 radical (unpaired) electrons. The maximum absolute atomic E-state index is 9.23. The van der Waals surface area contributed by atoms with Gasteiger partial charge in [-0.05, 0) is 25.3 Å². The fourth-order valence-electron chi connectivity index (χ4n) is 1.00. The van der Waals surface area contributed by atoms with Crippen LogP contribution in [-0.4, -0.2) is 22.9 Å². The summed E-state index contributed by atoms with van der Waals surface area (Å²) < 4.78 is 0. The van der Waals surface area contributed by atoms with Gasteiger partial charge in [0.25, 0.3) is 0 Å².